The molecule has 1 nitrogen and oxygen atoms in total. The first-order valence-corrected chi connectivity index (χ1v) is 10.9. The molecule has 0 aliphatic carbocycles. The molecule has 1 rings (SSSR count). The van der Waals surface area contributed by atoms with Crippen molar-refractivity contribution in [1.29, 1.82) is 0 Å². The van der Waals surface area contributed by atoms with Gasteiger partial charge < -0.3 is 0 Å². The van der Waals surface area contributed by atoms with E-state index < -0.39 is 0 Å². The van der Waals surface area contributed by atoms with Gasteiger partial charge in [-0.2, -0.15) is 11.8 Å². The van der Waals surface area contributed by atoms with Gasteiger partial charge in [0.25, 0.3) is 0 Å². The van der Waals surface area contributed by atoms with Crippen LogP contribution in [-0.2, 0) is 0 Å². The van der Waals surface area contributed by atoms with Crippen LogP contribution in [0.1, 0.15) is 33.1 Å². The molecule has 1 aromatic carbocycles. The van der Waals surface area contributed by atoms with Crippen LogP contribution in [-0.4, -0.2) is 21.0 Å². The normalized spacial score (nSPS) is 11.9. The van der Waals surface area contributed by atoms with Crippen molar-refractivity contribution in [2.24, 2.45) is 4.99 Å². The molecular formula is C15H21Cl2NS3. The lowest BCUT2D eigenvalue weighted by Crippen LogP contribution is -1.90. The van der Waals surface area contributed by atoms with E-state index in [2.05, 4.69) is 13.8 Å². The maximum Gasteiger partial charge on any atom is 0.131 e. The molecule has 0 unspecified atom stereocenters. The minimum atomic E-state index is 0.609. The molecule has 0 aliphatic rings. The van der Waals surface area contributed by atoms with Gasteiger partial charge in [-0.05, 0) is 30.4 Å². The smallest absolute Gasteiger partial charge is 0.131 e. The van der Waals surface area contributed by atoms with Crippen LogP contribution in [0.2, 0.25) is 10.0 Å². The molecule has 0 radical (unpaired) electrons. The number of thioether (sulfide) groups is 3. The lowest BCUT2D eigenvalue weighted by Gasteiger charge is -2.07. The summed E-state index contributed by atoms with van der Waals surface area (Å²) in [4.78, 5) is 4.71. The number of hydrogen-bond donors (Lipinski definition) is 0. The molecule has 0 atom stereocenters. The van der Waals surface area contributed by atoms with E-state index in [1.807, 2.05) is 35.7 Å². The Labute approximate surface area is 151 Å². The summed E-state index contributed by atoms with van der Waals surface area (Å²) >= 11 is 17.7. The SMILES string of the molecule is CCCCCSC(=Nc1ccc(Cl)cc1Cl)SCSCC. The first kappa shape index (κ1) is 19.6. The highest BCUT2D eigenvalue weighted by Gasteiger charge is 2.05. The maximum atomic E-state index is 6.20. The second-order valence-corrected chi connectivity index (χ2v) is 9.07. The lowest BCUT2D eigenvalue weighted by molar-refractivity contribution is 0.779. The fourth-order valence-electron chi connectivity index (χ4n) is 1.46. The zero-order valence-electron chi connectivity index (χ0n) is 12.4. The highest BCUT2D eigenvalue weighted by atomic mass is 35.5. The second-order valence-electron chi connectivity index (χ2n) is 4.28. The fourth-order valence-corrected chi connectivity index (χ4v) is 5.18. The molecule has 0 aliphatic heterocycles. The van der Waals surface area contributed by atoms with E-state index in [1.54, 1.807) is 17.8 Å². The summed E-state index contributed by atoms with van der Waals surface area (Å²) in [6, 6.07) is 5.45. The van der Waals surface area contributed by atoms with Gasteiger partial charge in [0.1, 0.15) is 4.38 Å². The van der Waals surface area contributed by atoms with Gasteiger partial charge >= 0.3 is 0 Å². The number of unbranched alkanes of at least 4 members (excludes halogenated alkanes) is 2. The first-order valence-electron chi connectivity index (χ1n) is 7.04. The van der Waals surface area contributed by atoms with Crippen molar-refractivity contribution >= 4 is 68.6 Å². The second kappa shape index (κ2) is 12.0. The number of aliphatic imine (C=N–C) groups is 1. The van der Waals surface area contributed by atoms with Crippen molar-refractivity contribution in [3.63, 3.8) is 0 Å². The molecule has 0 aromatic heterocycles. The summed E-state index contributed by atoms with van der Waals surface area (Å²) in [5.41, 5.74) is 0.799. The number of rotatable bonds is 8. The highest BCUT2D eigenvalue weighted by molar-refractivity contribution is 8.41. The molecule has 0 heterocycles. The molecule has 0 spiro atoms. The van der Waals surface area contributed by atoms with Crippen LogP contribution in [0.25, 0.3) is 0 Å². The van der Waals surface area contributed by atoms with Gasteiger partial charge in [0, 0.05) is 15.9 Å². The van der Waals surface area contributed by atoms with Gasteiger partial charge in [0.2, 0.25) is 0 Å². The monoisotopic (exact) mass is 381 g/mol. The third-order valence-corrected chi connectivity index (χ3v) is 6.53. The summed E-state index contributed by atoms with van der Waals surface area (Å²) < 4.78 is 1.09. The molecular weight excluding hydrogens is 361 g/mol. The van der Waals surface area contributed by atoms with Gasteiger partial charge in [-0.1, -0.05) is 73.4 Å². The van der Waals surface area contributed by atoms with E-state index >= 15 is 0 Å². The molecule has 0 saturated carbocycles. The Kier molecular flexibility index (Phi) is 11.2. The standard InChI is InChI=1S/C15H21Cl2NS3/c1-3-5-6-9-20-15(21-11-19-4-2)18-14-8-7-12(16)10-13(14)17/h7-8,10H,3-6,9,11H2,1-2H3. The third-order valence-electron chi connectivity index (χ3n) is 2.56. The fraction of sp³-hybridized carbons (Fsp3) is 0.533. The molecule has 0 saturated heterocycles. The summed E-state index contributed by atoms with van der Waals surface area (Å²) in [7, 11) is 0. The van der Waals surface area contributed by atoms with Crippen molar-refractivity contribution in [2.45, 2.75) is 33.1 Å². The predicted molar refractivity (Wildman–Crippen MR) is 106 cm³/mol. The van der Waals surface area contributed by atoms with Gasteiger partial charge in [-0.3, -0.25) is 0 Å². The van der Waals surface area contributed by atoms with Crippen LogP contribution in [0, 0.1) is 0 Å². The Bertz CT molecular complexity index is 453. The zero-order chi connectivity index (χ0) is 15.5. The Morgan fingerprint density at radius 1 is 1.14 bits per heavy atom. The Balaban J connectivity index is 2.70. The summed E-state index contributed by atoms with van der Waals surface area (Å²) in [6.07, 6.45) is 3.75. The number of benzene rings is 1. The van der Waals surface area contributed by atoms with E-state index in [1.165, 1.54) is 19.3 Å². The van der Waals surface area contributed by atoms with Crippen LogP contribution in [0.5, 0.6) is 0 Å². The highest BCUT2D eigenvalue weighted by Crippen LogP contribution is 2.32. The van der Waals surface area contributed by atoms with Gasteiger partial charge in [-0.15, -0.1) is 0 Å². The molecule has 1 aromatic rings. The van der Waals surface area contributed by atoms with Gasteiger partial charge in [0.05, 0.1) is 10.7 Å². The minimum absolute atomic E-state index is 0.609. The third kappa shape index (κ3) is 8.65. The Hall–Kier alpha value is 0.520. The molecule has 0 N–H and O–H groups in total. The quantitative estimate of drug-likeness (QED) is 0.202. The minimum Gasteiger partial charge on any atom is -0.233 e. The van der Waals surface area contributed by atoms with Gasteiger partial charge in [0.15, 0.2) is 0 Å². The summed E-state index contributed by atoms with van der Waals surface area (Å²) in [6.45, 7) is 4.40. The Morgan fingerprint density at radius 3 is 2.62 bits per heavy atom. The first-order chi connectivity index (χ1) is 10.2. The van der Waals surface area contributed by atoms with Crippen LogP contribution >= 0.6 is 58.5 Å². The van der Waals surface area contributed by atoms with Crippen molar-refractivity contribution in [2.75, 3.05) is 16.6 Å². The molecule has 0 bridgehead atoms. The van der Waals surface area contributed by atoms with E-state index in [4.69, 9.17) is 28.2 Å². The van der Waals surface area contributed by atoms with E-state index in [9.17, 15) is 0 Å². The molecule has 0 fully saturated rings. The summed E-state index contributed by atoms with van der Waals surface area (Å²) in [5.74, 6) is 2.24. The van der Waals surface area contributed by atoms with Crippen LogP contribution < -0.4 is 0 Å². The van der Waals surface area contributed by atoms with Crippen molar-refractivity contribution < 1.29 is 0 Å². The zero-order valence-corrected chi connectivity index (χ0v) is 16.4. The molecule has 118 valence electrons. The topological polar surface area (TPSA) is 12.4 Å². The van der Waals surface area contributed by atoms with E-state index in [0.717, 1.165) is 26.7 Å². The van der Waals surface area contributed by atoms with Crippen molar-refractivity contribution in [3.8, 4) is 0 Å². The largest absolute Gasteiger partial charge is 0.233 e. The van der Waals surface area contributed by atoms with Crippen LogP contribution in [0.4, 0.5) is 5.69 Å². The Morgan fingerprint density at radius 2 is 1.95 bits per heavy atom. The number of halogens is 2. The summed E-state index contributed by atoms with van der Waals surface area (Å²) in [5, 5.41) is 2.28. The van der Waals surface area contributed by atoms with Crippen LogP contribution in [0.15, 0.2) is 23.2 Å². The predicted octanol–water partition coefficient (Wildman–Crippen LogP) is 7.35. The number of nitrogens with zero attached hydrogens (tertiary/aromatic N) is 1. The molecule has 21 heavy (non-hydrogen) atoms. The molecule has 6 heteroatoms. The van der Waals surface area contributed by atoms with Gasteiger partial charge in [-0.25, -0.2) is 4.99 Å². The average Bonchev–Trinajstić information content (AvgIpc) is 2.46. The maximum absolute atomic E-state index is 6.20. The van der Waals surface area contributed by atoms with Crippen LogP contribution in [0.3, 0.4) is 0 Å². The number of hydrogen-bond acceptors (Lipinski definition) is 4. The van der Waals surface area contributed by atoms with E-state index in [0.29, 0.717) is 10.0 Å². The van der Waals surface area contributed by atoms with Crippen molar-refractivity contribution in [1.82, 2.24) is 0 Å². The molecule has 0 amide bonds. The lowest BCUT2D eigenvalue weighted by atomic mass is 10.3. The average molecular weight is 382 g/mol. The van der Waals surface area contributed by atoms with Crippen molar-refractivity contribution in [3.05, 3.63) is 28.2 Å². The van der Waals surface area contributed by atoms with E-state index in [-0.39, 0.29) is 0 Å².